The average molecular weight is 278 g/mol. The number of carboxylic acids is 1. The van der Waals surface area contributed by atoms with Gasteiger partial charge in [-0.25, -0.2) is 4.79 Å². The van der Waals surface area contributed by atoms with E-state index in [4.69, 9.17) is 9.52 Å². The van der Waals surface area contributed by atoms with Crippen molar-refractivity contribution in [2.24, 2.45) is 0 Å². The Bertz CT molecular complexity index is 915. The van der Waals surface area contributed by atoms with E-state index in [1.807, 2.05) is 61.5 Å². The highest BCUT2D eigenvalue weighted by atomic mass is 16.4. The minimum absolute atomic E-state index is 0.372. The molecule has 0 saturated heterocycles. The van der Waals surface area contributed by atoms with E-state index in [0.717, 1.165) is 22.4 Å². The molecule has 0 radical (unpaired) electrons. The van der Waals surface area contributed by atoms with E-state index in [9.17, 15) is 4.79 Å². The molecule has 0 atom stereocenters. The van der Waals surface area contributed by atoms with E-state index >= 15 is 0 Å². The summed E-state index contributed by atoms with van der Waals surface area (Å²) >= 11 is 0. The van der Waals surface area contributed by atoms with Gasteiger partial charge in [0.05, 0.1) is 6.08 Å². The zero-order chi connectivity index (χ0) is 14.8. The first-order chi connectivity index (χ1) is 10.1. The Morgan fingerprint density at radius 2 is 1.62 bits per heavy atom. The third kappa shape index (κ3) is 2.72. The molecule has 3 aromatic rings. The van der Waals surface area contributed by atoms with Gasteiger partial charge in [-0.15, -0.1) is 0 Å². The lowest BCUT2D eigenvalue weighted by Gasteiger charge is -1.93. The van der Waals surface area contributed by atoms with E-state index in [2.05, 4.69) is 0 Å². The highest BCUT2D eigenvalue weighted by Gasteiger charge is 2.04. The van der Waals surface area contributed by atoms with Crippen molar-refractivity contribution in [3.63, 3.8) is 0 Å². The standard InChI is InChI=1S/C18H14O3/c1-12-6-8-13(9-7-12)10-16-14-4-2-3-5-15(14)17(21-16)11-18(19)20/h2-11H,1H3,(H,19,20)/b16-10-,17-11-. The number of aryl methyl sites for hydroxylation is 1. The van der Waals surface area contributed by atoms with Crippen LogP contribution in [0, 0.1) is 6.92 Å². The molecule has 3 nitrogen and oxygen atoms in total. The highest BCUT2D eigenvalue weighted by molar-refractivity contribution is 6.00. The third-order valence-corrected chi connectivity index (χ3v) is 3.31. The molecule has 0 amide bonds. The van der Waals surface area contributed by atoms with Crippen molar-refractivity contribution in [1.82, 2.24) is 0 Å². The molecule has 0 aliphatic rings. The van der Waals surface area contributed by atoms with Gasteiger partial charge in [0, 0.05) is 10.8 Å². The molecule has 0 aliphatic carbocycles. The molecule has 0 fully saturated rings. The van der Waals surface area contributed by atoms with Crippen LogP contribution in [0.15, 0.2) is 52.9 Å². The zero-order valence-corrected chi connectivity index (χ0v) is 11.5. The maximum absolute atomic E-state index is 10.9. The molecular weight excluding hydrogens is 264 g/mol. The maximum atomic E-state index is 10.9. The predicted octanol–water partition coefficient (Wildman–Crippen LogP) is 2.44. The molecule has 2 aromatic carbocycles. The number of hydrogen-bond donors (Lipinski definition) is 1. The Morgan fingerprint density at radius 3 is 2.24 bits per heavy atom. The fourth-order valence-corrected chi connectivity index (χ4v) is 2.28. The van der Waals surface area contributed by atoms with Crippen molar-refractivity contribution in [1.29, 1.82) is 0 Å². The summed E-state index contributed by atoms with van der Waals surface area (Å²) in [6.07, 6.45) is 3.01. The summed E-state index contributed by atoms with van der Waals surface area (Å²) in [6.45, 7) is 2.03. The topological polar surface area (TPSA) is 50.4 Å². The Labute approximate surface area is 121 Å². The van der Waals surface area contributed by atoms with Crippen molar-refractivity contribution >= 4 is 28.9 Å². The summed E-state index contributed by atoms with van der Waals surface area (Å²) in [5.41, 5.74) is 3.25. The van der Waals surface area contributed by atoms with E-state index < -0.39 is 5.97 Å². The Kier molecular flexibility index (Phi) is 3.32. The normalized spacial score (nSPS) is 13.0. The molecule has 0 aliphatic heterocycles. The average Bonchev–Trinajstić information content (AvgIpc) is 2.79. The maximum Gasteiger partial charge on any atom is 0.332 e. The lowest BCUT2D eigenvalue weighted by Crippen LogP contribution is -2.04. The van der Waals surface area contributed by atoms with Crippen molar-refractivity contribution in [2.45, 2.75) is 6.92 Å². The molecule has 1 heterocycles. The Balaban J connectivity index is 2.28. The van der Waals surface area contributed by atoms with Crippen LogP contribution in [0.4, 0.5) is 0 Å². The van der Waals surface area contributed by atoms with Crippen LogP contribution in [0.5, 0.6) is 0 Å². The predicted molar refractivity (Wildman–Crippen MR) is 82.3 cm³/mol. The van der Waals surface area contributed by atoms with Gasteiger partial charge in [-0.3, -0.25) is 0 Å². The number of carbonyl (C=O) groups is 1. The number of aliphatic carboxylic acids is 1. The molecule has 0 bridgehead atoms. The number of fused-ring (bicyclic) bond motifs is 1. The Morgan fingerprint density at radius 1 is 1.00 bits per heavy atom. The van der Waals surface area contributed by atoms with E-state index in [1.165, 1.54) is 5.56 Å². The minimum atomic E-state index is -1.02. The highest BCUT2D eigenvalue weighted by Crippen LogP contribution is 2.08. The fourth-order valence-electron chi connectivity index (χ4n) is 2.28. The van der Waals surface area contributed by atoms with Gasteiger partial charge in [-0.2, -0.15) is 0 Å². The number of furan rings is 1. The third-order valence-electron chi connectivity index (χ3n) is 3.31. The monoisotopic (exact) mass is 278 g/mol. The quantitative estimate of drug-likeness (QED) is 0.783. The van der Waals surface area contributed by atoms with Crippen LogP contribution >= 0.6 is 0 Å². The van der Waals surface area contributed by atoms with Crippen LogP contribution in [-0.2, 0) is 4.79 Å². The summed E-state index contributed by atoms with van der Waals surface area (Å²) in [4.78, 5) is 10.9. The summed E-state index contributed by atoms with van der Waals surface area (Å²) < 4.78 is 5.72. The van der Waals surface area contributed by atoms with E-state index in [0.29, 0.717) is 10.8 Å². The SMILES string of the molecule is Cc1ccc(/C=c2\o/c(=C\C(=O)O)c3ccccc23)cc1. The molecule has 21 heavy (non-hydrogen) atoms. The Hall–Kier alpha value is -2.81. The van der Waals surface area contributed by atoms with Crippen LogP contribution in [-0.4, -0.2) is 11.1 Å². The van der Waals surface area contributed by atoms with Crippen molar-refractivity contribution in [3.8, 4) is 0 Å². The van der Waals surface area contributed by atoms with Gasteiger partial charge >= 0.3 is 5.97 Å². The van der Waals surface area contributed by atoms with Gasteiger partial charge in [0.1, 0.15) is 10.8 Å². The van der Waals surface area contributed by atoms with Crippen molar-refractivity contribution in [2.75, 3.05) is 0 Å². The first-order valence-electron chi connectivity index (χ1n) is 6.64. The molecule has 104 valence electrons. The van der Waals surface area contributed by atoms with Crippen LogP contribution in [0.25, 0.3) is 22.9 Å². The number of benzene rings is 2. The fraction of sp³-hybridized carbons (Fsp3) is 0.0556. The van der Waals surface area contributed by atoms with Crippen molar-refractivity contribution in [3.05, 3.63) is 70.5 Å². The van der Waals surface area contributed by atoms with Gasteiger partial charge in [-0.1, -0.05) is 54.1 Å². The van der Waals surface area contributed by atoms with Gasteiger partial charge in [0.2, 0.25) is 0 Å². The first-order valence-corrected chi connectivity index (χ1v) is 6.64. The number of carboxylic acid groups (broad SMARTS) is 1. The van der Waals surface area contributed by atoms with Gasteiger partial charge in [0.25, 0.3) is 0 Å². The molecule has 3 heteroatoms. The molecule has 1 N–H and O–H groups in total. The second kappa shape index (κ2) is 5.29. The molecule has 3 rings (SSSR count). The second-order valence-corrected chi connectivity index (χ2v) is 4.91. The lowest BCUT2D eigenvalue weighted by molar-refractivity contribution is -0.129. The molecule has 1 aromatic heterocycles. The van der Waals surface area contributed by atoms with E-state index in [1.54, 1.807) is 0 Å². The number of rotatable bonds is 2. The summed E-state index contributed by atoms with van der Waals surface area (Å²) in [6, 6.07) is 15.6. The van der Waals surface area contributed by atoms with Gasteiger partial charge in [-0.05, 0) is 18.6 Å². The van der Waals surface area contributed by atoms with Crippen LogP contribution in [0.2, 0.25) is 0 Å². The van der Waals surface area contributed by atoms with Crippen LogP contribution in [0.1, 0.15) is 11.1 Å². The van der Waals surface area contributed by atoms with Crippen LogP contribution < -0.4 is 10.8 Å². The summed E-state index contributed by atoms with van der Waals surface area (Å²) in [5.74, 6) is -1.02. The summed E-state index contributed by atoms with van der Waals surface area (Å²) in [7, 11) is 0. The minimum Gasteiger partial charge on any atom is -0.478 e. The molecule has 0 unspecified atom stereocenters. The zero-order valence-electron chi connectivity index (χ0n) is 11.5. The summed E-state index contributed by atoms with van der Waals surface area (Å²) in [5, 5.41) is 10.6. The lowest BCUT2D eigenvalue weighted by atomic mass is 10.1. The smallest absolute Gasteiger partial charge is 0.332 e. The van der Waals surface area contributed by atoms with Crippen LogP contribution in [0.3, 0.4) is 0 Å². The van der Waals surface area contributed by atoms with Gasteiger partial charge < -0.3 is 9.52 Å². The molecule has 0 saturated carbocycles. The second-order valence-electron chi connectivity index (χ2n) is 4.91. The molecule has 0 spiro atoms. The largest absolute Gasteiger partial charge is 0.478 e. The first kappa shape index (κ1) is 13.2. The van der Waals surface area contributed by atoms with Crippen molar-refractivity contribution < 1.29 is 14.3 Å². The number of hydrogen-bond acceptors (Lipinski definition) is 2. The molecular formula is C18H14O3. The van der Waals surface area contributed by atoms with E-state index in [-0.39, 0.29) is 0 Å². The van der Waals surface area contributed by atoms with Gasteiger partial charge in [0.15, 0.2) is 0 Å².